The number of carbonyl (C=O) groups excluding carboxylic acids is 1. The summed E-state index contributed by atoms with van der Waals surface area (Å²) in [6.07, 6.45) is 0. The second-order valence-corrected chi connectivity index (χ2v) is 4.04. The zero-order valence-corrected chi connectivity index (χ0v) is 9.88. The van der Waals surface area contributed by atoms with Crippen molar-refractivity contribution in [2.75, 3.05) is 7.11 Å². The molecule has 1 heterocycles. The predicted octanol–water partition coefficient (Wildman–Crippen LogP) is 3.01. The Kier molecular flexibility index (Phi) is 2.45. The zero-order valence-electron chi connectivity index (χ0n) is 9.88. The molecule has 18 heavy (non-hydrogen) atoms. The number of methoxy groups -OCH3 is 1. The van der Waals surface area contributed by atoms with E-state index in [9.17, 15) is 4.79 Å². The van der Waals surface area contributed by atoms with Crippen LogP contribution in [-0.2, 0) is 0 Å². The van der Waals surface area contributed by atoms with Gasteiger partial charge >= 0.3 is 0 Å². The SMILES string of the molecule is COc1cccc(C2=Nc3ccccc3C2=O)c1. The van der Waals surface area contributed by atoms with Crippen LogP contribution in [0.15, 0.2) is 53.5 Å². The topological polar surface area (TPSA) is 38.7 Å². The van der Waals surface area contributed by atoms with Crippen molar-refractivity contribution in [2.45, 2.75) is 0 Å². The normalized spacial score (nSPS) is 13.2. The van der Waals surface area contributed by atoms with Crippen LogP contribution in [0.25, 0.3) is 0 Å². The van der Waals surface area contributed by atoms with Crippen LogP contribution in [0, 0.1) is 0 Å². The van der Waals surface area contributed by atoms with Crippen molar-refractivity contribution in [1.82, 2.24) is 0 Å². The number of Topliss-reactive ketones (excluding diaryl/α,β-unsaturated/α-hetero) is 1. The molecule has 0 radical (unpaired) electrons. The number of ketones is 1. The number of nitrogens with zero attached hydrogens (tertiary/aromatic N) is 1. The van der Waals surface area contributed by atoms with Gasteiger partial charge in [-0.3, -0.25) is 4.79 Å². The average Bonchev–Trinajstić information content (AvgIpc) is 2.77. The van der Waals surface area contributed by atoms with E-state index in [1.54, 1.807) is 13.2 Å². The van der Waals surface area contributed by atoms with E-state index in [1.165, 1.54) is 0 Å². The van der Waals surface area contributed by atoms with Crippen LogP contribution >= 0.6 is 0 Å². The van der Waals surface area contributed by atoms with Gasteiger partial charge in [0.2, 0.25) is 5.78 Å². The molecule has 0 saturated heterocycles. The molecular formula is C15H11NO2. The van der Waals surface area contributed by atoms with Gasteiger partial charge in [0.05, 0.1) is 12.8 Å². The van der Waals surface area contributed by atoms with Gasteiger partial charge in [-0.05, 0) is 24.3 Å². The molecule has 0 aliphatic carbocycles. The van der Waals surface area contributed by atoms with Gasteiger partial charge in [0.25, 0.3) is 0 Å². The Labute approximate surface area is 105 Å². The molecule has 0 atom stereocenters. The minimum absolute atomic E-state index is 0.0288. The quantitative estimate of drug-likeness (QED) is 0.805. The average molecular weight is 237 g/mol. The van der Waals surface area contributed by atoms with Gasteiger partial charge in [0.15, 0.2) is 0 Å². The molecule has 3 rings (SSSR count). The van der Waals surface area contributed by atoms with Crippen molar-refractivity contribution in [3.05, 3.63) is 59.7 Å². The van der Waals surface area contributed by atoms with Crippen molar-refractivity contribution in [3.63, 3.8) is 0 Å². The van der Waals surface area contributed by atoms with E-state index in [2.05, 4.69) is 4.99 Å². The molecule has 3 nitrogen and oxygen atoms in total. The van der Waals surface area contributed by atoms with E-state index in [0.717, 1.165) is 17.0 Å². The Bertz CT molecular complexity index is 659. The largest absolute Gasteiger partial charge is 0.497 e. The summed E-state index contributed by atoms with van der Waals surface area (Å²) in [4.78, 5) is 16.6. The standard InChI is InChI=1S/C15H11NO2/c1-18-11-6-4-5-10(9-11)14-15(17)12-7-2-3-8-13(12)16-14/h2-9H,1H3. The smallest absolute Gasteiger partial charge is 0.214 e. The summed E-state index contributed by atoms with van der Waals surface area (Å²) in [5, 5.41) is 0. The van der Waals surface area contributed by atoms with Gasteiger partial charge in [-0.2, -0.15) is 0 Å². The van der Waals surface area contributed by atoms with E-state index < -0.39 is 0 Å². The molecule has 0 aromatic heterocycles. The van der Waals surface area contributed by atoms with Crippen molar-refractivity contribution in [1.29, 1.82) is 0 Å². The number of fused-ring (bicyclic) bond motifs is 1. The van der Waals surface area contributed by atoms with Crippen LogP contribution in [0.2, 0.25) is 0 Å². The van der Waals surface area contributed by atoms with E-state index in [0.29, 0.717) is 11.3 Å². The fourth-order valence-corrected chi connectivity index (χ4v) is 2.03. The first-order valence-corrected chi connectivity index (χ1v) is 5.66. The summed E-state index contributed by atoms with van der Waals surface area (Å²) in [6, 6.07) is 14.8. The maximum Gasteiger partial charge on any atom is 0.214 e. The number of ether oxygens (including phenoxy) is 1. The van der Waals surface area contributed by atoms with Crippen LogP contribution in [-0.4, -0.2) is 18.6 Å². The lowest BCUT2D eigenvalue weighted by atomic mass is 10.0. The van der Waals surface area contributed by atoms with Crippen LogP contribution in [0.3, 0.4) is 0 Å². The Morgan fingerprint density at radius 2 is 1.89 bits per heavy atom. The van der Waals surface area contributed by atoms with Crippen molar-refractivity contribution >= 4 is 17.2 Å². The summed E-state index contributed by atoms with van der Waals surface area (Å²) in [6.45, 7) is 0. The van der Waals surface area contributed by atoms with Crippen LogP contribution < -0.4 is 4.74 Å². The molecule has 1 aliphatic heterocycles. The lowest BCUT2D eigenvalue weighted by Crippen LogP contribution is -2.10. The molecule has 3 heteroatoms. The molecule has 0 fully saturated rings. The third-order valence-electron chi connectivity index (χ3n) is 2.94. The lowest BCUT2D eigenvalue weighted by Gasteiger charge is -2.03. The maximum absolute atomic E-state index is 12.2. The van der Waals surface area contributed by atoms with Gasteiger partial charge in [-0.1, -0.05) is 24.3 Å². The number of hydrogen-bond acceptors (Lipinski definition) is 3. The number of benzene rings is 2. The molecule has 0 unspecified atom stereocenters. The third kappa shape index (κ3) is 1.61. The molecule has 1 aliphatic rings. The molecule has 0 bridgehead atoms. The third-order valence-corrected chi connectivity index (χ3v) is 2.94. The van der Waals surface area contributed by atoms with Gasteiger partial charge in [-0.15, -0.1) is 0 Å². The second-order valence-electron chi connectivity index (χ2n) is 4.04. The van der Waals surface area contributed by atoms with Crippen molar-refractivity contribution in [3.8, 4) is 5.75 Å². The lowest BCUT2D eigenvalue weighted by molar-refractivity contribution is 0.107. The van der Waals surface area contributed by atoms with E-state index in [-0.39, 0.29) is 5.78 Å². The Morgan fingerprint density at radius 1 is 1.06 bits per heavy atom. The highest BCUT2D eigenvalue weighted by Gasteiger charge is 2.25. The van der Waals surface area contributed by atoms with Crippen LogP contribution in [0.5, 0.6) is 5.75 Å². The summed E-state index contributed by atoms with van der Waals surface area (Å²) < 4.78 is 5.16. The number of aliphatic imine (C=N–C) groups is 1. The highest BCUT2D eigenvalue weighted by molar-refractivity contribution is 6.54. The van der Waals surface area contributed by atoms with Gasteiger partial charge < -0.3 is 4.74 Å². The number of para-hydroxylation sites is 1. The molecule has 0 amide bonds. The van der Waals surface area contributed by atoms with Crippen molar-refractivity contribution < 1.29 is 9.53 Å². The molecule has 88 valence electrons. The summed E-state index contributed by atoms with van der Waals surface area (Å²) in [5.41, 5.74) is 2.67. The van der Waals surface area contributed by atoms with Gasteiger partial charge in [0.1, 0.15) is 11.5 Å². The number of carbonyl (C=O) groups is 1. The zero-order chi connectivity index (χ0) is 12.5. The van der Waals surface area contributed by atoms with Gasteiger partial charge in [-0.25, -0.2) is 4.99 Å². The fraction of sp³-hybridized carbons (Fsp3) is 0.0667. The first kappa shape index (κ1) is 10.7. The van der Waals surface area contributed by atoms with E-state index in [1.807, 2.05) is 42.5 Å². The van der Waals surface area contributed by atoms with Crippen LogP contribution in [0.4, 0.5) is 5.69 Å². The first-order valence-electron chi connectivity index (χ1n) is 5.66. The number of rotatable bonds is 2. The molecule has 2 aromatic rings. The fourth-order valence-electron chi connectivity index (χ4n) is 2.03. The number of hydrogen-bond donors (Lipinski definition) is 0. The second kappa shape index (κ2) is 4.11. The van der Waals surface area contributed by atoms with E-state index >= 15 is 0 Å². The Balaban J connectivity index is 2.07. The van der Waals surface area contributed by atoms with E-state index in [4.69, 9.17) is 4.74 Å². The summed E-state index contributed by atoms with van der Waals surface area (Å²) in [7, 11) is 1.60. The molecular weight excluding hydrogens is 226 g/mol. The summed E-state index contributed by atoms with van der Waals surface area (Å²) in [5.74, 6) is 0.692. The highest BCUT2D eigenvalue weighted by atomic mass is 16.5. The highest BCUT2D eigenvalue weighted by Crippen LogP contribution is 2.29. The minimum atomic E-state index is -0.0288. The molecule has 0 spiro atoms. The molecule has 0 saturated carbocycles. The molecule has 2 aromatic carbocycles. The Hall–Kier alpha value is -2.42. The van der Waals surface area contributed by atoms with Crippen molar-refractivity contribution in [2.24, 2.45) is 4.99 Å². The van der Waals surface area contributed by atoms with Gasteiger partial charge in [0, 0.05) is 11.1 Å². The Morgan fingerprint density at radius 3 is 2.67 bits per heavy atom. The predicted molar refractivity (Wildman–Crippen MR) is 70.0 cm³/mol. The maximum atomic E-state index is 12.2. The monoisotopic (exact) mass is 237 g/mol. The summed E-state index contributed by atoms with van der Waals surface area (Å²) >= 11 is 0. The van der Waals surface area contributed by atoms with Crippen LogP contribution in [0.1, 0.15) is 15.9 Å². The first-order chi connectivity index (χ1) is 8.79. The minimum Gasteiger partial charge on any atom is -0.497 e. The molecule has 0 N–H and O–H groups in total.